The first-order valence-corrected chi connectivity index (χ1v) is 6.16. The second kappa shape index (κ2) is 5.49. The van der Waals surface area contributed by atoms with Crippen molar-refractivity contribution in [3.63, 3.8) is 0 Å². The summed E-state index contributed by atoms with van der Waals surface area (Å²) in [5, 5.41) is 8.84. The zero-order valence-electron chi connectivity index (χ0n) is 11.0. The van der Waals surface area contributed by atoms with Gasteiger partial charge in [0.15, 0.2) is 5.78 Å². The molecule has 0 atom stereocenters. The molecule has 0 saturated heterocycles. The van der Waals surface area contributed by atoms with Crippen molar-refractivity contribution in [2.75, 3.05) is 0 Å². The van der Waals surface area contributed by atoms with Crippen LogP contribution in [0.4, 0.5) is 0 Å². The summed E-state index contributed by atoms with van der Waals surface area (Å²) in [5.41, 5.74) is 1.86. The molecule has 0 N–H and O–H groups in total. The number of benzene rings is 1. The molecule has 1 aromatic carbocycles. The Balaban J connectivity index is 2.14. The predicted octanol–water partition coefficient (Wildman–Crippen LogP) is 2.76. The van der Waals surface area contributed by atoms with E-state index < -0.39 is 0 Å². The summed E-state index contributed by atoms with van der Waals surface area (Å²) in [6.45, 7) is 4.37. The summed E-state index contributed by atoms with van der Waals surface area (Å²) in [6.07, 6.45) is 3.16. The summed E-state index contributed by atoms with van der Waals surface area (Å²) >= 11 is 0. The van der Waals surface area contributed by atoms with Crippen molar-refractivity contribution in [2.45, 2.75) is 26.3 Å². The second-order valence-corrected chi connectivity index (χ2v) is 4.69. The summed E-state index contributed by atoms with van der Waals surface area (Å²) in [7, 11) is 0. The minimum absolute atomic E-state index is 0.0233. The van der Waals surface area contributed by atoms with Crippen molar-refractivity contribution in [1.82, 2.24) is 9.55 Å². The number of ketones is 1. The van der Waals surface area contributed by atoms with Crippen molar-refractivity contribution < 1.29 is 4.79 Å². The number of carbonyl (C=O) groups is 1. The Labute approximate surface area is 112 Å². The largest absolute Gasteiger partial charge is 0.315 e. The van der Waals surface area contributed by atoms with Gasteiger partial charge in [0, 0.05) is 18.0 Å². The first kappa shape index (κ1) is 13.0. The number of hydrogen-bond acceptors (Lipinski definition) is 3. The average Bonchev–Trinajstić information content (AvgIpc) is 2.86. The molecule has 0 saturated carbocycles. The SMILES string of the molecule is CC(C)c1ccc(C(=O)Cn2ccnc2C#N)cc1. The van der Waals surface area contributed by atoms with Crippen molar-refractivity contribution in [3.8, 4) is 6.07 Å². The van der Waals surface area contributed by atoms with E-state index in [4.69, 9.17) is 5.26 Å². The zero-order valence-corrected chi connectivity index (χ0v) is 11.0. The highest BCUT2D eigenvalue weighted by molar-refractivity contribution is 5.96. The van der Waals surface area contributed by atoms with Gasteiger partial charge in [0.05, 0.1) is 6.54 Å². The maximum atomic E-state index is 12.1. The van der Waals surface area contributed by atoms with Crippen LogP contribution in [0.2, 0.25) is 0 Å². The maximum absolute atomic E-state index is 12.1. The van der Waals surface area contributed by atoms with Crippen LogP contribution in [-0.2, 0) is 6.54 Å². The molecular formula is C15H15N3O. The number of carbonyl (C=O) groups excluding carboxylic acids is 1. The number of rotatable bonds is 4. The van der Waals surface area contributed by atoms with Gasteiger partial charge in [0.25, 0.3) is 0 Å². The van der Waals surface area contributed by atoms with Crippen molar-refractivity contribution in [2.24, 2.45) is 0 Å². The number of Topliss-reactive ketones (excluding diaryl/α,β-unsaturated/α-hetero) is 1. The molecule has 19 heavy (non-hydrogen) atoms. The molecule has 1 aromatic heterocycles. The van der Waals surface area contributed by atoms with E-state index in [0.29, 0.717) is 11.5 Å². The van der Waals surface area contributed by atoms with Crippen LogP contribution in [0.3, 0.4) is 0 Å². The van der Waals surface area contributed by atoms with E-state index in [1.54, 1.807) is 10.8 Å². The topological polar surface area (TPSA) is 58.7 Å². The van der Waals surface area contributed by atoms with Gasteiger partial charge < -0.3 is 4.57 Å². The molecule has 0 amide bonds. The summed E-state index contributed by atoms with van der Waals surface area (Å²) in [4.78, 5) is 16.0. The molecular weight excluding hydrogens is 238 g/mol. The lowest BCUT2D eigenvalue weighted by Gasteiger charge is -2.07. The quantitative estimate of drug-likeness (QED) is 0.787. The smallest absolute Gasteiger partial charge is 0.213 e. The molecule has 4 nitrogen and oxygen atoms in total. The molecule has 0 spiro atoms. The van der Waals surface area contributed by atoms with Crippen molar-refractivity contribution >= 4 is 5.78 Å². The number of nitrogens with zero attached hydrogens (tertiary/aromatic N) is 3. The van der Waals surface area contributed by atoms with Crippen LogP contribution in [-0.4, -0.2) is 15.3 Å². The Bertz CT molecular complexity index is 618. The molecule has 96 valence electrons. The minimum Gasteiger partial charge on any atom is -0.315 e. The lowest BCUT2D eigenvalue weighted by molar-refractivity contribution is 0.0971. The van der Waals surface area contributed by atoms with E-state index in [0.717, 1.165) is 0 Å². The van der Waals surface area contributed by atoms with Crippen LogP contribution >= 0.6 is 0 Å². The van der Waals surface area contributed by atoms with Gasteiger partial charge in [-0.15, -0.1) is 0 Å². The molecule has 0 aliphatic rings. The molecule has 2 rings (SSSR count). The number of aromatic nitrogens is 2. The van der Waals surface area contributed by atoms with Gasteiger partial charge in [-0.3, -0.25) is 4.79 Å². The number of nitriles is 1. The molecule has 0 fully saturated rings. The van der Waals surface area contributed by atoms with Gasteiger partial charge in [-0.2, -0.15) is 5.26 Å². The summed E-state index contributed by atoms with van der Waals surface area (Å²) in [5.74, 6) is 0.681. The number of imidazole rings is 1. The van der Waals surface area contributed by atoms with E-state index >= 15 is 0 Å². The monoisotopic (exact) mass is 253 g/mol. The van der Waals surface area contributed by atoms with Crippen LogP contribution in [0.1, 0.15) is 41.5 Å². The molecule has 0 aliphatic heterocycles. The third kappa shape index (κ3) is 2.89. The Morgan fingerprint density at radius 2 is 2.05 bits per heavy atom. The molecule has 1 heterocycles. The van der Waals surface area contributed by atoms with Gasteiger partial charge >= 0.3 is 0 Å². The molecule has 0 unspecified atom stereocenters. The highest BCUT2D eigenvalue weighted by Gasteiger charge is 2.10. The van der Waals surface area contributed by atoms with Gasteiger partial charge in [0.2, 0.25) is 5.82 Å². The van der Waals surface area contributed by atoms with Crippen LogP contribution in [0.15, 0.2) is 36.7 Å². The molecule has 0 radical (unpaired) electrons. The number of hydrogen-bond donors (Lipinski definition) is 0. The summed E-state index contributed by atoms with van der Waals surface area (Å²) < 4.78 is 1.55. The van der Waals surface area contributed by atoms with E-state index in [1.807, 2.05) is 30.3 Å². The molecule has 2 aromatic rings. The van der Waals surface area contributed by atoms with Crippen LogP contribution < -0.4 is 0 Å². The van der Waals surface area contributed by atoms with Crippen LogP contribution in [0.25, 0.3) is 0 Å². The van der Waals surface area contributed by atoms with Gasteiger partial charge in [-0.1, -0.05) is 38.1 Å². The molecule has 0 aliphatic carbocycles. The Morgan fingerprint density at radius 3 is 2.63 bits per heavy atom. The maximum Gasteiger partial charge on any atom is 0.213 e. The fourth-order valence-electron chi connectivity index (χ4n) is 1.85. The second-order valence-electron chi connectivity index (χ2n) is 4.69. The molecule has 0 bridgehead atoms. The summed E-state index contributed by atoms with van der Waals surface area (Å²) in [6, 6.07) is 9.56. The van der Waals surface area contributed by atoms with Crippen LogP contribution in [0.5, 0.6) is 0 Å². The minimum atomic E-state index is -0.0233. The Morgan fingerprint density at radius 1 is 1.37 bits per heavy atom. The van der Waals surface area contributed by atoms with Crippen LogP contribution in [0, 0.1) is 11.3 Å². The third-order valence-electron chi connectivity index (χ3n) is 3.03. The van der Waals surface area contributed by atoms with Gasteiger partial charge in [0.1, 0.15) is 6.07 Å². The van der Waals surface area contributed by atoms with E-state index in [9.17, 15) is 4.79 Å². The van der Waals surface area contributed by atoms with E-state index in [2.05, 4.69) is 18.8 Å². The molecule has 4 heteroatoms. The first-order chi connectivity index (χ1) is 9.11. The third-order valence-corrected chi connectivity index (χ3v) is 3.03. The van der Waals surface area contributed by atoms with Gasteiger partial charge in [-0.05, 0) is 11.5 Å². The highest BCUT2D eigenvalue weighted by atomic mass is 16.1. The lowest BCUT2D eigenvalue weighted by atomic mass is 10.0. The van der Waals surface area contributed by atoms with E-state index in [-0.39, 0.29) is 18.2 Å². The Kier molecular flexibility index (Phi) is 3.76. The standard InChI is InChI=1S/C15H15N3O/c1-11(2)12-3-5-13(6-4-12)14(19)10-18-8-7-17-15(18)9-16/h3-8,11H,10H2,1-2H3. The van der Waals surface area contributed by atoms with E-state index in [1.165, 1.54) is 11.8 Å². The van der Waals surface area contributed by atoms with Crippen molar-refractivity contribution in [3.05, 3.63) is 53.6 Å². The zero-order chi connectivity index (χ0) is 13.8. The first-order valence-electron chi connectivity index (χ1n) is 6.16. The lowest BCUT2D eigenvalue weighted by Crippen LogP contribution is -2.11. The normalized spacial score (nSPS) is 10.4. The highest BCUT2D eigenvalue weighted by Crippen LogP contribution is 2.15. The van der Waals surface area contributed by atoms with Crippen molar-refractivity contribution in [1.29, 1.82) is 5.26 Å². The fourth-order valence-corrected chi connectivity index (χ4v) is 1.85. The Hall–Kier alpha value is -2.41. The predicted molar refractivity (Wildman–Crippen MR) is 71.8 cm³/mol. The van der Waals surface area contributed by atoms with Gasteiger partial charge in [-0.25, -0.2) is 4.98 Å². The average molecular weight is 253 g/mol. The fraction of sp³-hybridized carbons (Fsp3) is 0.267.